The molecule has 0 radical (unpaired) electrons. The molecule has 0 aliphatic carbocycles. The molecule has 2 amide bonds. The second-order valence-electron chi connectivity index (χ2n) is 4.80. The van der Waals surface area contributed by atoms with Crippen LogP contribution >= 0.6 is 0 Å². The number of anilines is 2. The van der Waals surface area contributed by atoms with E-state index < -0.39 is 18.0 Å². The zero-order valence-corrected chi connectivity index (χ0v) is 12.1. The maximum atomic E-state index is 12.2. The third-order valence-electron chi connectivity index (χ3n) is 3.03. The van der Waals surface area contributed by atoms with E-state index in [0.29, 0.717) is 5.69 Å². The third-order valence-corrected chi connectivity index (χ3v) is 3.03. The lowest BCUT2D eigenvalue weighted by molar-refractivity contribution is -0.167. The Balaban J connectivity index is 2.15. The summed E-state index contributed by atoms with van der Waals surface area (Å²) in [6.45, 7) is 1.82. The molecule has 120 valence electrons. The summed E-state index contributed by atoms with van der Waals surface area (Å²) in [4.78, 5) is 23.1. The van der Waals surface area contributed by atoms with Gasteiger partial charge in [0.1, 0.15) is 0 Å². The molecule has 7 heteroatoms. The zero-order valence-electron chi connectivity index (χ0n) is 12.1. The molecule has 0 aromatic heterocycles. The van der Waals surface area contributed by atoms with Gasteiger partial charge in [0.25, 0.3) is 5.91 Å². The molecule has 0 saturated carbocycles. The number of nitrogens with one attached hydrogen (secondary N) is 2. The van der Waals surface area contributed by atoms with E-state index in [9.17, 15) is 22.8 Å². The highest BCUT2D eigenvalue weighted by Gasteiger charge is 2.38. The summed E-state index contributed by atoms with van der Waals surface area (Å²) in [6.07, 6.45) is -4.99. The van der Waals surface area contributed by atoms with Gasteiger partial charge in [-0.3, -0.25) is 9.59 Å². The molecule has 0 aliphatic heterocycles. The molecule has 23 heavy (non-hydrogen) atoms. The van der Waals surface area contributed by atoms with Gasteiger partial charge in [-0.2, -0.15) is 13.2 Å². The van der Waals surface area contributed by atoms with E-state index in [2.05, 4.69) is 5.32 Å². The van der Waals surface area contributed by atoms with Crippen molar-refractivity contribution in [3.63, 3.8) is 0 Å². The van der Waals surface area contributed by atoms with Crippen molar-refractivity contribution in [2.75, 3.05) is 10.6 Å². The largest absolute Gasteiger partial charge is 0.471 e. The molecule has 2 rings (SSSR count). The maximum absolute atomic E-state index is 12.2. The highest BCUT2D eigenvalue weighted by Crippen LogP contribution is 2.20. The fraction of sp³-hybridized carbons (Fsp3) is 0.125. The molecule has 0 aliphatic rings. The number of aryl methyl sites for hydroxylation is 1. The molecule has 0 spiro atoms. The Morgan fingerprint density at radius 3 is 2.30 bits per heavy atom. The van der Waals surface area contributed by atoms with Crippen LogP contribution in [0.2, 0.25) is 0 Å². The number of halogens is 3. The topological polar surface area (TPSA) is 58.2 Å². The van der Waals surface area contributed by atoms with Crippen LogP contribution in [0.3, 0.4) is 0 Å². The highest BCUT2D eigenvalue weighted by molar-refractivity contribution is 6.05. The summed E-state index contributed by atoms with van der Waals surface area (Å²) >= 11 is 0. The van der Waals surface area contributed by atoms with Gasteiger partial charge in [-0.05, 0) is 36.8 Å². The number of rotatable bonds is 3. The lowest BCUT2D eigenvalue weighted by atomic mass is 10.1. The molecule has 2 aromatic carbocycles. The van der Waals surface area contributed by atoms with E-state index >= 15 is 0 Å². The van der Waals surface area contributed by atoms with Gasteiger partial charge in [0.2, 0.25) is 0 Å². The molecule has 0 bridgehead atoms. The number of carbonyl (C=O) groups excluding carboxylic acids is 2. The first-order valence-corrected chi connectivity index (χ1v) is 6.62. The molecular formula is C16H13F3N2O2. The maximum Gasteiger partial charge on any atom is 0.471 e. The summed E-state index contributed by atoms with van der Waals surface area (Å²) < 4.78 is 36.7. The average Bonchev–Trinajstić information content (AvgIpc) is 2.49. The molecule has 2 aromatic rings. The van der Waals surface area contributed by atoms with Crippen LogP contribution in [0.4, 0.5) is 24.5 Å². The minimum atomic E-state index is -4.99. The normalized spacial score (nSPS) is 11.0. The lowest BCUT2D eigenvalue weighted by Crippen LogP contribution is -2.30. The number of hydrogen-bond acceptors (Lipinski definition) is 2. The quantitative estimate of drug-likeness (QED) is 0.904. The second-order valence-corrected chi connectivity index (χ2v) is 4.80. The number of alkyl halides is 3. The fourth-order valence-electron chi connectivity index (χ4n) is 1.85. The number of amides is 2. The molecular weight excluding hydrogens is 309 g/mol. The van der Waals surface area contributed by atoms with E-state index in [1.165, 1.54) is 24.3 Å². The predicted molar refractivity (Wildman–Crippen MR) is 80.3 cm³/mol. The Hall–Kier alpha value is -2.83. The van der Waals surface area contributed by atoms with Gasteiger partial charge < -0.3 is 10.6 Å². The Labute approximate surface area is 130 Å². The second kappa shape index (κ2) is 6.51. The monoisotopic (exact) mass is 322 g/mol. The third kappa shape index (κ3) is 4.32. The fourth-order valence-corrected chi connectivity index (χ4v) is 1.85. The van der Waals surface area contributed by atoms with Crippen LogP contribution < -0.4 is 10.6 Å². The minimum Gasteiger partial charge on any atom is -0.322 e. The lowest BCUT2D eigenvalue weighted by Gasteiger charge is -2.10. The SMILES string of the molecule is Cc1ccccc1NC(=O)c1cccc(NC(=O)C(F)(F)F)c1. The van der Waals surface area contributed by atoms with Gasteiger partial charge in [0.05, 0.1) is 0 Å². The van der Waals surface area contributed by atoms with Crippen LogP contribution in [0.5, 0.6) is 0 Å². The van der Waals surface area contributed by atoms with E-state index in [1.807, 2.05) is 19.1 Å². The first-order valence-electron chi connectivity index (χ1n) is 6.62. The van der Waals surface area contributed by atoms with Crippen molar-refractivity contribution in [2.45, 2.75) is 13.1 Å². The molecule has 4 nitrogen and oxygen atoms in total. The average molecular weight is 322 g/mol. The number of benzene rings is 2. The summed E-state index contributed by atoms with van der Waals surface area (Å²) in [7, 11) is 0. The smallest absolute Gasteiger partial charge is 0.322 e. The highest BCUT2D eigenvalue weighted by atomic mass is 19.4. The summed E-state index contributed by atoms with van der Waals surface area (Å²) in [6, 6.07) is 12.4. The van der Waals surface area contributed by atoms with Gasteiger partial charge in [0.15, 0.2) is 0 Å². The molecule has 0 unspecified atom stereocenters. The first-order chi connectivity index (χ1) is 10.8. The Morgan fingerprint density at radius 1 is 0.957 bits per heavy atom. The van der Waals surface area contributed by atoms with Crippen LogP contribution in [0.15, 0.2) is 48.5 Å². The standard InChI is InChI=1S/C16H13F3N2O2/c1-10-5-2-3-8-13(10)21-14(22)11-6-4-7-12(9-11)20-15(23)16(17,18)19/h2-9H,1H3,(H,20,23)(H,21,22). The molecule has 0 heterocycles. The van der Waals surface area contributed by atoms with Crippen LogP contribution in [0.25, 0.3) is 0 Å². The van der Waals surface area contributed by atoms with Crippen molar-refractivity contribution in [2.24, 2.45) is 0 Å². The van der Waals surface area contributed by atoms with Crippen molar-refractivity contribution in [1.82, 2.24) is 0 Å². The van der Waals surface area contributed by atoms with E-state index in [-0.39, 0.29) is 11.3 Å². The van der Waals surface area contributed by atoms with Crippen LogP contribution in [0, 0.1) is 6.92 Å². The van der Waals surface area contributed by atoms with E-state index in [4.69, 9.17) is 0 Å². The zero-order chi connectivity index (χ0) is 17.0. The van der Waals surface area contributed by atoms with Gasteiger partial charge in [0, 0.05) is 16.9 Å². The Morgan fingerprint density at radius 2 is 1.65 bits per heavy atom. The summed E-state index contributed by atoms with van der Waals surface area (Å²) in [5, 5.41) is 4.37. The minimum absolute atomic E-state index is 0.107. The van der Waals surface area contributed by atoms with Crippen molar-refractivity contribution >= 4 is 23.2 Å². The van der Waals surface area contributed by atoms with Crippen molar-refractivity contribution in [1.29, 1.82) is 0 Å². The van der Waals surface area contributed by atoms with E-state index in [1.54, 1.807) is 17.4 Å². The van der Waals surface area contributed by atoms with Gasteiger partial charge in [-0.1, -0.05) is 24.3 Å². The number of para-hydroxylation sites is 1. The first kappa shape index (κ1) is 16.5. The van der Waals surface area contributed by atoms with Gasteiger partial charge in [-0.15, -0.1) is 0 Å². The number of hydrogen-bond donors (Lipinski definition) is 2. The number of carbonyl (C=O) groups is 2. The molecule has 0 saturated heterocycles. The molecule has 0 atom stereocenters. The Kier molecular flexibility index (Phi) is 4.68. The van der Waals surface area contributed by atoms with Crippen LogP contribution in [0.1, 0.15) is 15.9 Å². The van der Waals surface area contributed by atoms with Crippen LogP contribution in [-0.4, -0.2) is 18.0 Å². The molecule has 2 N–H and O–H groups in total. The van der Waals surface area contributed by atoms with E-state index in [0.717, 1.165) is 5.56 Å². The van der Waals surface area contributed by atoms with Crippen molar-refractivity contribution < 1.29 is 22.8 Å². The molecule has 0 fully saturated rings. The predicted octanol–water partition coefficient (Wildman–Crippen LogP) is 3.75. The van der Waals surface area contributed by atoms with Gasteiger partial charge in [-0.25, -0.2) is 0 Å². The van der Waals surface area contributed by atoms with Crippen molar-refractivity contribution in [3.05, 3.63) is 59.7 Å². The Bertz CT molecular complexity index is 742. The summed E-state index contributed by atoms with van der Waals surface area (Å²) in [5.41, 5.74) is 1.47. The summed E-state index contributed by atoms with van der Waals surface area (Å²) in [5.74, 6) is -2.57. The van der Waals surface area contributed by atoms with Gasteiger partial charge >= 0.3 is 12.1 Å². The van der Waals surface area contributed by atoms with Crippen molar-refractivity contribution in [3.8, 4) is 0 Å². The van der Waals surface area contributed by atoms with Crippen LogP contribution in [-0.2, 0) is 4.79 Å².